The third kappa shape index (κ3) is 2.52. The van der Waals surface area contributed by atoms with Gasteiger partial charge in [-0.2, -0.15) is 0 Å². The van der Waals surface area contributed by atoms with Gasteiger partial charge in [-0.1, -0.05) is 12.1 Å². The SMILES string of the molecule is NC(CC(=O)O)c1cccc(F)c1Br. The van der Waals surface area contributed by atoms with Gasteiger partial charge in [-0.05, 0) is 27.6 Å². The Hall–Kier alpha value is -0.940. The van der Waals surface area contributed by atoms with Crippen LogP contribution in [0.1, 0.15) is 18.0 Å². The topological polar surface area (TPSA) is 63.3 Å². The number of carbonyl (C=O) groups is 1. The summed E-state index contributed by atoms with van der Waals surface area (Å²) in [7, 11) is 0. The van der Waals surface area contributed by atoms with Crippen LogP contribution in [0.5, 0.6) is 0 Å². The molecule has 0 fully saturated rings. The van der Waals surface area contributed by atoms with Gasteiger partial charge >= 0.3 is 5.97 Å². The molecule has 0 radical (unpaired) electrons. The minimum Gasteiger partial charge on any atom is -0.481 e. The highest BCUT2D eigenvalue weighted by molar-refractivity contribution is 9.10. The van der Waals surface area contributed by atoms with Gasteiger partial charge in [-0.15, -0.1) is 0 Å². The number of hydrogen-bond acceptors (Lipinski definition) is 2. The third-order valence-electron chi connectivity index (χ3n) is 1.78. The van der Waals surface area contributed by atoms with Gasteiger partial charge in [0.15, 0.2) is 0 Å². The van der Waals surface area contributed by atoms with Crippen molar-refractivity contribution in [2.45, 2.75) is 12.5 Å². The van der Waals surface area contributed by atoms with Gasteiger partial charge in [-0.25, -0.2) is 4.39 Å². The van der Waals surface area contributed by atoms with E-state index in [-0.39, 0.29) is 10.9 Å². The quantitative estimate of drug-likeness (QED) is 0.876. The van der Waals surface area contributed by atoms with Crippen LogP contribution in [0.3, 0.4) is 0 Å². The van der Waals surface area contributed by atoms with Gasteiger partial charge in [0.05, 0.1) is 10.9 Å². The van der Waals surface area contributed by atoms with Crippen LogP contribution >= 0.6 is 15.9 Å². The maximum absolute atomic E-state index is 13.0. The van der Waals surface area contributed by atoms with Gasteiger partial charge in [0.2, 0.25) is 0 Å². The highest BCUT2D eigenvalue weighted by Gasteiger charge is 2.15. The van der Waals surface area contributed by atoms with Crippen LogP contribution in [0.25, 0.3) is 0 Å². The number of nitrogens with two attached hydrogens (primary N) is 1. The van der Waals surface area contributed by atoms with Gasteiger partial charge in [-0.3, -0.25) is 4.79 Å². The van der Waals surface area contributed by atoms with Crippen molar-refractivity contribution in [1.82, 2.24) is 0 Å². The number of carboxylic acid groups (broad SMARTS) is 1. The molecule has 0 bridgehead atoms. The van der Waals surface area contributed by atoms with Gasteiger partial charge in [0.1, 0.15) is 5.82 Å². The number of halogens is 2. The molecule has 3 N–H and O–H groups in total. The third-order valence-corrected chi connectivity index (χ3v) is 2.61. The fourth-order valence-corrected chi connectivity index (χ4v) is 1.66. The summed E-state index contributed by atoms with van der Waals surface area (Å²) >= 11 is 3.02. The Kier molecular flexibility index (Phi) is 3.60. The summed E-state index contributed by atoms with van der Waals surface area (Å²) in [6.07, 6.45) is -0.220. The molecule has 5 heteroatoms. The van der Waals surface area contributed by atoms with Crippen LogP contribution in [0, 0.1) is 5.82 Å². The maximum Gasteiger partial charge on any atom is 0.305 e. The molecule has 0 heterocycles. The number of carboxylic acids is 1. The smallest absolute Gasteiger partial charge is 0.305 e. The molecule has 1 unspecified atom stereocenters. The average molecular weight is 262 g/mol. The lowest BCUT2D eigenvalue weighted by atomic mass is 10.1. The van der Waals surface area contributed by atoms with Crippen LogP contribution in [0.15, 0.2) is 22.7 Å². The predicted octanol–water partition coefficient (Wildman–Crippen LogP) is 2.06. The van der Waals surface area contributed by atoms with Crippen molar-refractivity contribution in [3.63, 3.8) is 0 Å². The monoisotopic (exact) mass is 261 g/mol. The predicted molar refractivity (Wildman–Crippen MR) is 53.3 cm³/mol. The first-order chi connectivity index (χ1) is 6.52. The Labute approximate surface area is 88.9 Å². The van der Waals surface area contributed by atoms with Crippen LogP contribution < -0.4 is 5.73 Å². The summed E-state index contributed by atoms with van der Waals surface area (Å²) in [5, 5.41) is 8.52. The van der Waals surface area contributed by atoms with E-state index in [2.05, 4.69) is 15.9 Å². The molecule has 0 aromatic heterocycles. The number of rotatable bonds is 3. The number of benzene rings is 1. The molecule has 0 aliphatic heterocycles. The van der Waals surface area contributed by atoms with E-state index in [1.807, 2.05) is 0 Å². The van der Waals surface area contributed by atoms with Crippen LogP contribution in [-0.2, 0) is 4.79 Å². The van der Waals surface area contributed by atoms with E-state index < -0.39 is 17.8 Å². The largest absolute Gasteiger partial charge is 0.481 e. The van der Waals surface area contributed by atoms with E-state index in [0.717, 1.165) is 0 Å². The van der Waals surface area contributed by atoms with Gasteiger partial charge in [0, 0.05) is 6.04 Å². The summed E-state index contributed by atoms with van der Waals surface area (Å²) in [5.41, 5.74) is 6.05. The average Bonchev–Trinajstić information content (AvgIpc) is 2.08. The Morgan fingerprint density at radius 3 is 2.86 bits per heavy atom. The van der Waals surface area contributed by atoms with E-state index in [1.54, 1.807) is 6.07 Å². The molecule has 1 rings (SSSR count). The first kappa shape index (κ1) is 11.1. The summed E-state index contributed by atoms with van der Waals surface area (Å²) in [5.74, 6) is -1.45. The van der Waals surface area contributed by atoms with Crippen molar-refractivity contribution in [3.05, 3.63) is 34.1 Å². The summed E-state index contributed by atoms with van der Waals surface area (Å²) in [4.78, 5) is 10.4. The molecule has 14 heavy (non-hydrogen) atoms. The number of aliphatic carboxylic acids is 1. The van der Waals surface area contributed by atoms with Crippen LogP contribution in [0.2, 0.25) is 0 Å². The maximum atomic E-state index is 13.0. The van der Waals surface area contributed by atoms with Crippen molar-refractivity contribution < 1.29 is 14.3 Å². The minimum atomic E-state index is -1.01. The molecule has 0 aliphatic rings. The minimum absolute atomic E-state index is 0.220. The first-order valence-electron chi connectivity index (χ1n) is 3.93. The fourth-order valence-electron chi connectivity index (χ4n) is 1.10. The second kappa shape index (κ2) is 4.52. The van der Waals surface area contributed by atoms with Crippen LogP contribution in [0.4, 0.5) is 4.39 Å². The van der Waals surface area contributed by atoms with Gasteiger partial charge < -0.3 is 10.8 Å². The zero-order chi connectivity index (χ0) is 10.7. The lowest BCUT2D eigenvalue weighted by molar-refractivity contribution is -0.137. The fraction of sp³-hybridized carbons (Fsp3) is 0.222. The zero-order valence-corrected chi connectivity index (χ0v) is 8.79. The Morgan fingerprint density at radius 2 is 2.29 bits per heavy atom. The summed E-state index contributed by atoms with van der Waals surface area (Å²) < 4.78 is 13.3. The van der Waals surface area contributed by atoms with Crippen molar-refractivity contribution >= 4 is 21.9 Å². The number of hydrogen-bond donors (Lipinski definition) is 2. The second-order valence-electron chi connectivity index (χ2n) is 2.85. The van der Waals surface area contributed by atoms with Crippen LogP contribution in [-0.4, -0.2) is 11.1 Å². The van der Waals surface area contributed by atoms with Gasteiger partial charge in [0.25, 0.3) is 0 Å². The molecule has 0 spiro atoms. The molecule has 0 aliphatic carbocycles. The molecule has 0 saturated carbocycles. The van der Waals surface area contributed by atoms with Crippen molar-refractivity contribution in [3.8, 4) is 0 Å². The normalized spacial score (nSPS) is 12.5. The molecule has 0 saturated heterocycles. The Bertz CT molecular complexity index is 357. The highest BCUT2D eigenvalue weighted by Crippen LogP contribution is 2.26. The molecular formula is C9H9BrFNO2. The van der Waals surface area contributed by atoms with E-state index >= 15 is 0 Å². The van der Waals surface area contributed by atoms with Crippen molar-refractivity contribution in [1.29, 1.82) is 0 Å². The summed E-state index contributed by atoms with van der Waals surface area (Å²) in [6, 6.07) is 3.68. The molecule has 1 aromatic carbocycles. The lowest BCUT2D eigenvalue weighted by Gasteiger charge is -2.11. The molecule has 1 aromatic rings. The van der Waals surface area contributed by atoms with Crippen molar-refractivity contribution in [2.24, 2.45) is 5.73 Å². The first-order valence-corrected chi connectivity index (χ1v) is 4.73. The molecular weight excluding hydrogens is 253 g/mol. The van der Waals surface area contributed by atoms with Crippen molar-refractivity contribution in [2.75, 3.05) is 0 Å². The second-order valence-corrected chi connectivity index (χ2v) is 3.64. The van der Waals surface area contributed by atoms with E-state index in [4.69, 9.17) is 10.8 Å². The Morgan fingerprint density at radius 1 is 1.64 bits per heavy atom. The summed E-state index contributed by atoms with van der Waals surface area (Å²) in [6.45, 7) is 0. The highest BCUT2D eigenvalue weighted by atomic mass is 79.9. The van der Waals surface area contributed by atoms with E-state index in [0.29, 0.717) is 5.56 Å². The molecule has 0 amide bonds. The molecule has 1 atom stereocenters. The lowest BCUT2D eigenvalue weighted by Crippen LogP contribution is -2.15. The molecule has 3 nitrogen and oxygen atoms in total. The van der Waals surface area contributed by atoms with E-state index in [9.17, 15) is 9.18 Å². The Balaban J connectivity index is 2.95. The zero-order valence-electron chi connectivity index (χ0n) is 7.21. The van der Waals surface area contributed by atoms with E-state index in [1.165, 1.54) is 12.1 Å². The standard InChI is InChI=1S/C9H9BrFNO2/c10-9-5(2-1-3-6(9)11)7(12)4-8(13)14/h1-3,7H,4,12H2,(H,13,14). The molecule has 76 valence electrons.